The van der Waals surface area contributed by atoms with Crippen LogP contribution in [-0.4, -0.2) is 0 Å². The Morgan fingerprint density at radius 3 is 2.10 bits per heavy atom. The Kier molecular flexibility index (Phi) is 1.66. The third-order valence-electron chi connectivity index (χ3n) is 3.35. The van der Waals surface area contributed by atoms with Crippen molar-refractivity contribution in [1.82, 2.24) is 0 Å². The van der Waals surface area contributed by atoms with E-state index in [1.54, 1.807) is 0 Å². The summed E-state index contributed by atoms with van der Waals surface area (Å²) in [6, 6.07) is 0. The van der Waals surface area contributed by atoms with Crippen LogP contribution >= 0.6 is 0 Å². The van der Waals surface area contributed by atoms with E-state index in [4.69, 9.17) is 0 Å². The van der Waals surface area contributed by atoms with Gasteiger partial charge in [0.15, 0.2) is 0 Å². The summed E-state index contributed by atoms with van der Waals surface area (Å²) in [6.07, 6.45) is 1.35. The monoisotopic (exact) mass is 138 g/mol. The molecule has 0 radical (unpaired) electrons. The zero-order chi connectivity index (χ0) is 7.94. The molecular weight excluding hydrogens is 120 g/mol. The molecule has 0 nitrogen and oxygen atoms in total. The highest BCUT2D eigenvalue weighted by molar-refractivity contribution is 5.10. The first kappa shape index (κ1) is 7.84. The van der Waals surface area contributed by atoms with Crippen LogP contribution in [0.1, 0.15) is 34.1 Å². The van der Waals surface area contributed by atoms with E-state index in [0.29, 0.717) is 5.41 Å². The van der Waals surface area contributed by atoms with Gasteiger partial charge in [-0.2, -0.15) is 0 Å². The van der Waals surface area contributed by atoms with Crippen LogP contribution in [0.5, 0.6) is 0 Å². The van der Waals surface area contributed by atoms with E-state index in [2.05, 4.69) is 34.3 Å². The lowest BCUT2D eigenvalue weighted by molar-refractivity contribution is 0.0182. The molecule has 0 amide bonds. The summed E-state index contributed by atoms with van der Waals surface area (Å²) in [7, 11) is 0. The van der Waals surface area contributed by atoms with Crippen molar-refractivity contribution < 1.29 is 0 Å². The normalized spacial score (nSPS) is 36.8. The van der Waals surface area contributed by atoms with Crippen molar-refractivity contribution >= 4 is 0 Å². The fourth-order valence-corrected chi connectivity index (χ4v) is 1.98. The number of hydrogen-bond donors (Lipinski definition) is 0. The molecule has 58 valence electrons. The molecule has 0 saturated heterocycles. The smallest absolute Gasteiger partial charge is 0.0152 e. The highest BCUT2D eigenvalue weighted by atomic mass is 14.5. The largest absolute Gasteiger partial charge is 0.0998 e. The first-order valence-corrected chi connectivity index (χ1v) is 4.11. The van der Waals surface area contributed by atoms with Gasteiger partial charge >= 0.3 is 0 Å². The van der Waals surface area contributed by atoms with E-state index in [1.165, 1.54) is 12.0 Å². The van der Waals surface area contributed by atoms with Crippen LogP contribution in [0.2, 0.25) is 0 Å². The van der Waals surface area contributed by atoms with E-state index in [0.717, 1.165) is 11.8 Å². The molecule has 0 aromatic heterocycles. The molecule has 0 spiro atoms. The minimum Gasteiger partial charge on any atom is -0.0998 e. The highest BCUT2D eigenvalue weighted by Gasteiger charge is 2.45. The first-order valence-electron chi connectivity index (χ1n) is 4.11. The minimum absolute atomic E-state index is 0.520. The average molecular weight is 138 g/mol. The van der Waals surface area contributed by atoms with Crippen molar-refractivity contribution in [2.45, 2.75) is 34.1 Å². The van der Waals surface area contributed by atoms with Gasteiger partial charge in [-0.1, -0.05) is 32.9 Å². The van der Waals surface area contributed by atoms with Gasteiger partial charge in [0.05, 0.1) is 0 Å². The molecular formula is C10H18. The Balaban J connectivity index is 2.63. The lowest BCUT2D eigenvalue weighted by Crippen LogP contribution is -2.43. The van der Waals surface area contributed by atoms with E-state index in [9.17, 15) is 0 Å². The van der Waals surface area contributed by atoms with Gasteiger partial charge in [0.1, 0.15) is 0 Å². The van der Waals surface area contributed by atoms with Crippen LogP contribution < -0.4 is 0 Å². The summed E-state index contributed by atoms with van der Waals surface area (Å²) in [6.45, 7) is 13.2. The fourth-order valence-electron chi connectivity index (χ4n) is 1.98. The molecule has 10 heavy (non-hydrogen) atoms. The zero-order valence-corrected chi connectivity index (χ0v) is 7.57. The Morgan fingerprint density at radius 2 is 2.00 bits per heavy atom. The van der Waals surface area contributed by atoms with Crippen LogP contribution in [-0.2, 0) is 0 Å². The summed E-state index contributed by atoms with van der Waals surface area (Å²) in [5, 5.41) is 0. The Morgan fingerprint density at radius 1 is 1.50 bits per heavy atom. The van der Waals surface area contributed by atoms with Crippen LogP contribution in [0.15, 0.2) is 12.2 Å². The summed E-state index contributed by atoms with van der Waals surface area (Å²) < 4.78 is 0. The molecule has 0 heterocycles. The maximum absolute atomic E-state index is 4.01. The number of rotatable bonds is 1. The summed E-state index contributed by atoms with van der Waals surface area (Å²) in [5.41, 5.74) is 1.88. The van der Waals surface area contributed by atoms with Crippen molar-refractivity contribution in [2.75, 3.05) is 0 Å². The first-order chi connectivity index (χ1) is 4.46. The minimum atomic E-state index is 0.520. The average Bonchev–Trinajstić information content (AvgIpc) is 1.82. The van der Waals surface area contributed by atoms with Gasteiger partial charge in [0.2, 0.25) is 0 Å². The SMILES string of the molecule is C=C(C)C1CC(C)C1(C)C. The van der Waals surface area contributed by atoms with Crippen LogP contribution in [0.4, 0.5) is 0 Å². The lowest BCUT2D eigenvalue weighted by Gasteiger charge is -2.51. The predicted octanol–water partition coefficient (Wildman–Crippen LogP) is 3.24. The Labute approximate surface area is 64.3 Å². The predicted molar refractivity (Wildman–Crippen MR) is 45.9 cm³/mol. The van der Waals surface area contributed by atoms with Gasteiger partial charge in [0, 0.05) is 0 Å². The molecule has 1 rings (SSSR count). The molecule has 0 heteroatoms. The third kappa shape index (κ3) is 0.902. The van der Waals surface area contributed by atoms with E-state index < -0.39 is 0 Å². The summed E-state index contributed by atoms with van der Waals surface area (Å²) >= 11 is 0. The number of hydrogen-bond acceptors (Lipinski definition) is 0. The van der Waals surface area contributed by atoms with Crippen LogP contribution in [0.25, 0.3) is 0 Å². The topological polar surface area (TPSA) is 0 Å². The van der Waals surface area contributed by atoms with Gasteiger partial charge < -0.3 is 0 Å². The zero-order valence-electron chi connectivity index (χ0n) is 7.57. The van der Waals surface area contributed by atoms with Gasteiger partial charge in [-0.05, 0) is 30.6 Å². The van der Waals surface area contributed by atoms with Gasteiger partial charge in [-0.15, -0.1) is 0 Å². The summed E-state index contributed by atoms with van der Waals surface area (Å²) in [4.78, 5) is 0. The molecule has 0 aromatic carbocycles. The van der Waals surface area contributed by atoms with Crippen molar-refractivity contribution in [3.05, 3.63) is 12.2 Å². The van der Waals surface area contributed by atoms with E-state index in [-0.39, 0.29) is 0 Å². The Bertz CT molecular complexity index is 153. The molecule has 0 N–H and O–H groups in total. The molecule has 0 bridgehead atoms. The fraction of sp³-hybridized carbons (Fsp3) is 0.800. The van der Waals surface area contributed by atoms with Crippen LogP contribution in [0.3, 0.4) is 0 Å². The second kappa shape index (κ2) is 2.11. The molecule has 1 fully saturated rings. The molecule has 1 saturated carbocycles. The molecule has 2 atom stereocenters. The molecule has 1 aliphatic carbocycles. The third-order valence-corrected chi connectivity index (χ3v) is 3.35. The summed E-state index contributed by atoms with van der Waals surface area (Å²) in [5.74, 6) is 1.66. The van der Waals surface area contributed by atoms with Gasteiger partial charge in [0.25, 0.3) is 0 Å². The second-order valence-electron chi connectivity index (χ2n) is 4.36. The molecule has 2 unspecified atom stereocenters. The van der Waals surface area contributed by atoms with Crippen molar-refractivity contribution in [3.8, 4) is 0 Å². The second-order valence-corrected chi connectivity index (χ2v) is 4.36. The molecule has 1 aliphatic rings. The van der Waals surface area contributed by atoms with Crippen molar-refractivity contribution in [2.24, 2.45) is 17.3 Å². The molecule has 0 aromatic rings. The van der Waals surface area contributed by atoms with Crippen molar-refractivity contribution in [1.29, 1.82) is 0 Å². The maximum Gasteiger partial charge on any atom is -0.0152 e. The Hall–Kier alpha value is -0.260. The van der Waals surface area contributed by atoms with E-state index in [1.807, 2.05) is 0 Å². The standard InChI is InChI=1S/C10H18/c1-7(2)9-6-8(3)10(9,4)5/h8-9H,1,6H2,2-5H3. The van der Waals surface area contributed by atoms with Crippen LogP contribution in [0, 0.1) is 17.3 Å². The van der Waals surface area contributed by atoms with Gasteiger partial charge in [-0.3, -0.25) is 0 Å². The van der Waals surface area contributed by atoms with Gasteiger partial charge in [-0.25, -0.2) is 0 Å². The van der Waals surface area contributed by atoms with Crippen molar-refractivity contribution in [3.63, 3.8) is 0 Å². The molecule has 0 aliphatic heterocycles. The van der Waals surface area contributed by atoms with E-state index >= 15 is 0 Å². The number of allylic oxidation sites excluding steroid dienone is 1. The lowest BCUT2D eigenvalue weighted by atomic mass is 9.54. The quantitative estimate of drug-likeness (QED) is 0.488. The maximum atomic E-state index is 4.01. The highest BCUT2D eigenvalue weighted by Crippen LogP contribution is 2.53.